The van der Waals surface area contributed by atoms with E-state index in [9.17, 15) is 9.59 Å². The number of anilines is 2. The Kier molecular flexibility index (Phi) is 6.55. The lowest BCUT2D eigenvalue weighted by atomic mass is 10.0. The zero-order valence-corrected chi connectivity index (χ0v) is 16.8. The van der Waals surface area contributed by atoms with Crippen LogP contribution in [0.3, 0.4) is 0 Å². The normalized spacial score (nSPS) is 10.7. The molecule has 0 saturated carbocycles. The fraction of sp³-hybridized carbons (Fsp3) is 0.227. The Balaban J connectivity index is 1.68. The average Bonchev–Trinajstić information content (AvgIpc) is 3.18. The number of nitrogens with one attached hydrogen (secondary N) is 2. The number of carbonyl (C=O) groups is 2. The van der Waals surface area contributed by atoms with Crippen molar-refractivity contribution in [2.24, 2.45) is 5.92 Å². The zero-order chi connectivity index (χ0) is 19.9. The molecule has 5 nitrogen and oxygen atoms in total. The molecular weight excluding hydrogens is 370 g/mol. The molecule has 3 aromatic rings. The van der Waals surface area contributed by atoms with E-state index in [1.807, 2.05) is 49.6 Å². The molecule has 0 spiro atoms. The van der Waals surface area contributed by atoms with Crippen LogP contribution < -0.4 is 10.6 Å². The number of hydrogen-bond acceptors (Lipinski definition) is 4. The summed E-state index contributed by atoms with van der Waals surface area (Å²) in [5, 5.41) is 8.18. The van der Waals surface area contributed by atoms with Gasteiger partial charge < -0.3 is 5.32 Å². The van der Waals surface area contributed by atoms with Crippen molar-refractivity contribution < 1.29 is 9.59 Å². The van der Waals surface area contributed by atoms with Crippen LogP contribution >= 0.6 is 11.3 Å². The van der Waals surface area contributed by atoms with Gasteiger partial charge in [-0.25, -0.2) is 4.98 Å². The minimum atomic E-state index is -0.257. The Morgan fingerprint density at radius 3 is 2.46 bits per heavy atom. The number of amides is 2. The van der Waals surface area contributed by atoms with Crippen molar-refractivity contribution in [1.29, 1.82) is 0 Å². The van der Waals surface area contributed by atoms with Crippen LogP contribution in [0.2, 0.25) is 0 Å². The highest BCUT2D eigenvalue weighted by molar-refractivity contribution is 7.14. The molecule has 144 valence electrons. The lowest BCUT2D eigenvalue weighted by Crippen LogP contribution is -2.22. The van der Waals surface area contributed by atoms with Crippen molar-refractivity contribution in [2.75, 3.05) is 10.6 Å². The number of hydrogen-bond donors (Lipinski definition) is 2. The van der Waals surface area contributed by atoms with Crippen molar-refractivity contribution in [2.45, 2.75) is 26.7 Å². The van der Waals surface area contributed by atoms with Crippen LogP contribution in [0.15, 0.2) is 60.0 Å². The summed E-state index contributed by atoms with van der Waals surface area (Å²) in [6.07, 6.45) is 1.58. The molecule has 2 aromatic carbocycles. The first kappa shape index (κ1) is 19.8. The average molecular weight is 394 g/mol. The molecule has 0 unspecified atom stereocenters. The molecule has 1 heterocycles. The fourth-order valence-electron chi connectivity index (χ4n) is 2.88. The number of aromatic nitrogens is 1. The maximum atomic E-state index is 12.6. The molecule has 0 aliphatic carbocycles. The summed E-state index contributed by atoms with van der Waals surface area (Å²) >= 11 is 1.38. The number of nitrogens with zero attached hydrogens (tertiary/aromatic N) is 1. The van der Waals surface area contributed by atoms with Gasteiger partial charge in [0.15, 0.2) is 5.13 Å². The third-order valence-corrected chi connectivity index (χ3v) is 5.30. The van der Waals surface area contributed by atoms with Gasteiger partial charge in [-0.1, -0.05) is 50.2 Å². The third kappa shape index (κ3) is 4.84. The van der Waals surface area contributed by atoms with E-state index in [0.29, 0.717) is 16.4 Å². The van der Waals surface area contributed by atoms with Gasteiger partial charge in [0.1, 0.15) is 0 Å². The Morgan fingerprint density at radius 1 is 1.00 bits per heavy atom. The summed E-state index contributed by atoms with van der Waals surface area (Å²) in [6.45, 7) is 3.99. The van der Waals surface area contributed by atoms with Gasteiger partial charge in [-0.2, -0.15) is 0 Å². The quantitative estimate of drug-likeness (QED) is 0.562. The molecule has 2 N–H and O–H groups in total. The Hall–Kier alpha value is -2.99. The van der Waals surface area contributed by atoms with Gasteiger partial charge in [-0.3, -0.25) is 14.9 Å². The molecule has 0 radical (unpaired) electrons. The molecule has 0 aliphatic rings. The van der Waals surface area contributed by atoms with Gasteiger partial charge in [0.2, 0.25) is 5.91 Å². The van der Waals surface area contributed by atoms with E-state index in [1.165, 1.54) is 11.3 Å². The number of carbonyl (C=O) groups excluding carboxylic acids is 2. The molecule has 28 heavy (non-hydrogen) atoms. The van der Waals surface area contributed by atoms with E-state index in [0.717, 1.165) is 24.1 Å². The van der Waals surface area contributed by atoms with E-state index in [1.54, 1.807) is 24.3 Å². The molecule has 0 fully saturated rings. The monoisotopic (exact) mass is 393 g/mol. The second kappa shape index (κ2) is 9.28. The number of rotatable bonds is 7. The zero-order valence-electron chi connectivity index (χ0n) is 15.9. The van der Waals surface area contributed by atoms with Crippen LogP contribution in [0.25, 0.3) is 11.3 Å². The van der Waals surface area contributed by atoms with Gasteiger partial charge in [-0.15, -0.1) is 11.3 Å². The highest BCUT2D eigenvalue weighted by atomic mass is 32.1. The molecule has 0 atom stereocenters. The molecule has 0 bridgehead atoms. The lowest BCUT2D eigenvalue weighted by molar-refractivity contribution is -0.120. The van der Waals surface area contributed by atoms with Crippen LogP contribution in [-0.4, -0.2) is 16.8 Å². The molecule has 6 heteroatoms. The summed E-state index contributed by atoms with van der Waals surface area (Å²) in [6, 6.07) is 16.8. The highest BCUT2D eigenvalue weighted by Gasteiger charge is 2.15. The first-order chi connectivity index (χ1) is 13.6. The smallest absolute Gasteiger partial charge is 0.257 e. The first-order valence-electron chi connectivity index (χ1n) is 9.34. The van der Waals surface area contributed by atoms with E-state index in [4.69, 9.17) is 0 Å². The predicted octanol–water partition coefficient (Wildman–Crippen LogP) is 5.44. The van der Waals surface area contributed by atoms with Crippen molar-refractivity contribution in [1.82, 2.24) is 4.98 Å². The van der Waals surface area contributed by atoms with E-state index < -0.39 is 0 Å². The SMILES string of the molecule is CCC(CC)C(=O)Nc1cccc(C(=O)Nc2nc(-c3ccccc3)cs2)c1. The molecular formula is C22H23N3O2S. The van der Waals surface area contributed by atoms with Gasteiger partial charge in [0.25, 0.3) is 5.91 Å². The molecule has 2 amide bonds. The van der Waals surface area contributed by atoms with Crippen molar-refractivity contribution in [3.05, 3.63) is 65.5 Å². The summed E-state index contributed by atoms with van der Waals surface area (Å²) in [7, 11) is 0. The van der Waals surface area contributed by atoms with Gasteiger partial charge in [0.05, 0.1) is 5.69 Å². The van der Waals surface area contributed by atoms with E-state index in [-0.39, 0.29) is 17.7 Å². The predicted molar refractivity (Wildman–Crippen MR) is 115 cm³/mol. The standard InChI is InChI=1S/C22H23N3O2S/c1-3-15(4-2)20(26)23-18-12-8-11-17(13-18)21(27)25-22-24-19(14-28-22)16-9-6-5-7-10-16/h5-15H,3-4H2,1-2H3,(H,23,26)(H,24,25,27). The maximum Gasteiger partial charge on any atom is 0.257 e. The molecule has 3 rings (SSSR count). The van der Waals surface area contributed by atoms with Crippen molar-refractivity contribution >= 4 is 34.0 Å². The Bertz CT molecular complexity index is 949. The van der Waals surface area contributed by atoms with E-state index in [2.05, 4.69) is 15.6 Å². The van der Waals surface area contributed by atoms with Crippen LogP contribution in [0, 0.1) is 5.92 Å². The molecule has 0 saturated heterocycles. The second-order valence-corrected chi connectivity index (χ2v) is 7.30. The van der Waals surface area contributed by atoms with E-state index >= 15 is 0 Å². The van der Waals surface area contributed by atoms with Crippen LogP contribution in [-0.2, 0) is 4.79 Å². The summed E-state index contributed by atoms with van der Waals surface area (Å²) in [5.41, 5.74) is 2.92. The lowest BCUT2D eigenvalue weighted by Gasteiger charge is -2.13. The summed E-state index contributed by atoms with van der Waals surface area (Å²) in [4.78, 5) is 29.3. The minimum absolute atomic E-state index is 0.0185. The van der Waals surface area contributed by atoms with Crippen LogP contribution in [0.1, 0.15) is 37.0 Å². The van der Waals surface area contributed by atoms with Gasteiger partial charge >= 0.3 is 0 Å². The number of thiazole rings is 1. The van der Waals surface area contributed by atoms with Crippen LogP contribution in [0.5, 0.6) is 0 Å². The Labute approximate surface area is 168 Å². The van der Waals surface area contributed by atoms with Gasteiger partial charge in [-0.05, 0) is 31.0 Å². The van der Waals surface area contributed by atoms with Crippen LogP contribution in [0.4, 0.5) is 10.8 Å². The van der Waals surface area contributed by atoms with Crippen molar-refractivity contribution in [3.8, 4) is 11.3 Å². The fourth-order valence-corrected chi connectivity index (χ4v) is 3.60. The molecule has 1 aromatic heterocycles. The van der Waals surface area contributed by atoms with Gasteiger partial charge in [0, 0.05) is 28.1 Å². The Morgan fingerprint density at radius 2 is 1.75 bits per heavy atom. The highest BCUT2D eigenvalue weighted by Crippen LogP contribution is 2.25. The second-order valence-electron chi connectivity index (χ2n) is 6.44. The maximum absolute atomic E-state index is 12.6. The third-order valence-electron chi connectivity index (χ3n) is 4.54. The van der Waals surface area contributed by atoms with Crippen molar-refractivity contribution in [3.63, 3.8) is 0 Å². The topological polar surface area (TPSA) is 71.1 Å². The largest absolute Gasteiger partial charge is 0.326 e. The first-order valence-corrected chi connectivity index (χ1v) is 10.2. The summed E-state index contributed by atoms with van der Waals surface area (Å²) in [5.74, 6) is -0.299. The minimum Gasteiger partial charge on any atom is -0.326 e. The number of benzene rings is 2. The molecule has 0 aliphatic heterocycles. The summed E-state index contributed by atoms with van der Waals surface area (Å²) < 4.78 is 0.